The molecule has 0 unspecified atom stereocenters. The summed E-state index contributed by atoms with van der Waals surface area (Å²) in [4.78, 5) is 25.3. The van der Waals surface area contributed by atoms with Gasteiger partial charge in [0.1, 0.15) is 6.29 Å². The van der Waals surface area contributed by atoms with Crippen LogP contribution in [0.15, 0.2) is 36.0 Å². The molecular formula is C18H30N4O3. The molecule has 0 aromatic heterocycles. The summed E-state index contributed by atoms with van der Waals surface area (Å²) in [5.74, 6) is -0.574. The molecule has 2 heterocycles. The van der Waals surface area contributed by atoms with Crippen molar-refractivity contribution in [2.75, 3.05) is 39.8 Å². The third kappa shape index (κ3) is 6.45. The van der Waals surface area contributed by atoms with Gasteiger partial charge in [-0.2, -0.15) is 0 Å². The van der Waals surface area contributed by atoms with Crippen LogP contribution in [0.5, 0.6) is 0 Å². The van der Waals surface area contributed by atoms with Crippen LogP contribution in [0.3, 0.4) is 0 Å². The molecule has 0 aromatic rings. The van der Waals surface area contributed by atoms with Crippen molar-refractivity contribution < 1.29 is 14.3 Å². The lowest BCUT2D eigenvalue weighted by molar-refractivity contribution is -0.134. The van der Waals surface area contributed by atoms with E-state index in [4.69, 9.17) is 0 Å². The van der Waals surface area contributed by atoms with Gasteiger partial charge in [0, 0.05) is 31.3 Å². The average Bonchev–Trinajstić information content (AvgIpc) is 2.97. The topological polar surface area (TPSA) is 82.7 Å². The molecule has 0 saturated carbocycles. The number of esters is 1. The summed E-state index contributed by atoms with van der Waals surface area (Å²) in [6.07, 6.45) is 5.63. The molecule has 0 spiro atoms. The molecule has 0 bridgehead atoms. The van der Waals surface area contributed by atoms with Crippen molar-refractivity contribution in [1.82, 2.24) is 20.9 Å². The molecule has 140 valence electrons. The van der Waals surface area contributed by atoms with Gasteiger partial charge in [-0.25, -0.2) is 4.79 Å². The highest BCUT2D eigenvalue weighted by Gasteiger charge is 2.27. The smallest absolute Gasteiger partial charge is 0.330 e. The number of amides is 1. The van der Waals surface area contributed by atoms with Crippen molar-refractivity contribution in [2.45, 2.75) is 26.6 Å². The van der Waals surface area contributed by atoms with E-state index < -0.39 is 5.97 Å². The summed E-state index contributed by atoms with van der Waals surface area (Å²) < 4.78 is 4.55. The number of nitrogens with zero attached hydrogens (tertiary/aromatic N) is 1. The van der Waals surface area contributed by atoms with Gasteiger partial charge in [-0.1, -0.05) is 26.5 Å². The Morgan fingerprint density at radius 3 is 2.68 bits per heavy atom. The number of carbonyl (C=O) groups excluding carboxylic acids is 2. The maximum atomic E-state index is 12.4. The summed E-state index contributed by atoms with van der Waals surface area (Å²) in [5.41, 5.74) is 1.32. The van der Waals surface area contributed by atoms with Crippen molar-refractivity contribution in [3.05, 3.63) is 36.0 Å². The second-order valence-electron chi connectivity index (χ2n) is 5.38. The quantitative estimate of drug-likeness (QED) is 0.459. The Hall–Kier alpha value is -1.96. The van der Waals surface area contributed by atoms with Gasteiger partial charge in [-0.05, 0) is 31.2 Å². The minimum atomic E-state index is -0.483. The lowest BCUT2D eigenvalue weighted by Crippen LogP contribution is -2.57. The van der Waals surface area contributed by atoms with E-state index in [2.05, 4.69) is 27.3 Å². The minimum absolute atomic E-state index is 0.0898. The predicted molar refractivity (Wildman–Crippen MR) is 98.7 cm³/mol. The van der Waals surface area contributed by atoms with Crippen LogP contribution in [0.25, 0.3) is 0 Å². The van der Waals surface area contributed by atoms with Crippen molar-refractivity contribution in [3.63, 3.8) is 0 Å². The molecule has 3 N–H and O–H groups in total. The standard InChI is InChI=1S/C16H24N4O3.C2H6/c1-3-12-11-20(10-9-19-16-17-7-4-8-18-16)15(22)13(12)5-6-14(21)23-2;1-2/h3,5-6,16-19H,1,4,7-11H2,2H3;1-2H3/b6-5+;. The first-order valence-corrected chi connectivity index (χ1v) is 8.76. The van der Waals surface area contributed by atoms with Crippen molar-refractivity contribution in [3.8, 4) is 0 Å². The molecule has 2 aliphatic rings. The highest BCUT2D eigenvalue weighted by Crippen LogP contribution is 2.20. The fraction of sp³-hybridized carbons (Fsp3) is 0.556. The zero-order valence-electron chi connectivity index (χ0n) is 15.4. The molecule has 0 aliphatic carbocycles. The molecule has 1 fully saturated rings. The number of methoxy groups -OCH3 is 1. The van der Waals surface area contributed by atoms with Crippen LogP contribution in [-0.2, 0) is 14.3 Å². The lowest BCUT2D eigenvalue weighted by atomic mass is 10.1. The normalized spacial score (nSPS) is 18.4. The molecule has 7 nitrogen and oxygen atoms in total. The van der Waals surface area contributed by atoms with E-state index in [1.807, 2.05) is 13.8 Å². The van der Waals surface area contributed by atoms with Gasteiger partial charge in [0.15, 0.2) is 0 Å². The Kier molecular flexibility index (Phi) is 9.76. The third-order valence-electron chi connectivity index (χ3n) is 3.84. The first-order chi connectivity index (χ1) is 12.2. The summed E-state index contributed by atoms with van der Waals surface area (Å²) in [6, 6.07) is 0. The molecule has 7 heteroatoms. The second-order valence-corrected chi connectivity index (χ2v) is 5.38. The zero-order valence-corrected chi connectivity index (χ0v) is 15.4. The molecule has 2 aliphatic heterocycles. The second kappa shape index (κ2) is 11.6. The van der Waals surface area contributed by atoms with Gasteiger partial charge in [0.2, 0.25) is 0 Å². The van der Waals surface area contributed by atoms with E-state index in [1.165, 1.54) is 19.3 Å². The van der Waals surface area contributed by atoms with Crippen LogP contribution in [0.2, 0.25) is 0 Å². The molecule has 1 amide bonds. The Morgan fingerprint density at radius 2 is 2.08 bits per heavy atom. The fourth-order valence-electron chi connectivity index (χ4n) is 2.56. The molecule has 25 heavy (non-hydrogen) atoms. The fourth-order valence-corrected chi connectivity index (χ4v) is 2.56. The van der Waals surface area contributed by atoms with Gasteiger partial charge >= 0.3 is 5.97 Å². The first-order valence-electron chi connectivity index (χ1n) is 8.76. The Bertz CT molecular complexity index is 522. The largest absolute Gasteiger partial charge is 0.466 e. The highest BCUT2D eigenvalue weighted by atomic mass is 16.5. The maximum absolute atomic E-state index is 12.4. The minimum Gasteiger partial charge on any atom is -0.466 e. The molecular weight excluding hydrogens is 320 g/mol. The molecule has 2 rings (SSSR count). The maximum Gasteiger partial charge on any atom is 0.330 e. The van der Waals surface area contributed by atoms with Gasteiger partial charge in [-0.3, -0.25) is 20.7 Å². The van der Waals surface area contributed by atoms with Crippen LogP contribution in [0.1, 0.15) is 20.3 Å². The van der Waals surface area contributed by atoms with Crippen LogP contribution < -0.4 is 16.0 Å². The summed E-state index contributed by atoms with van der Waals surface area (Å²) in [5, 5.41) is 9.94. The summed E-state index contributed by atoms with van der Waals surface area (Å²) in [6.45, 7) is 11.5. The molecule has 1 saturated heterocycles. The van der Waals surface area contributed by atoms with E-state index in [0.29, 0.717) is 25.2 Å². The lowest BCUT2D eigenvalue weighted by Gasteiger charge is -2.27. The van der Waals surface area contributed by atoms with E-state index in [0.717, 1.165) is 25.1 Å². The number of rotatable bonds is 7. The molecule has 0 atom stereocenters. The van der Waals surface area contributed by atoms with Gasteiger partial charge in [0.05, 0.1) is 7.11 Å². The van der Waals surface area contributed by atoms with E-state index >= 15 is 0 Å². The van der Waals surface area contributed by atoms with Crippen LogP contribution in [-0.4, -0.2) is 62.9 Å². The predicted octanol–water partition coefficient (Wildman–Crippen LogP) is 0.523. The van der Waals surface area contributed by atoms with Crippen LogP contribution >= 0.6 is 0 Å². The highest BCUT2D eigenvalue weighted by molar-refractivity contribution is 6.01. The zero-order chi connectivity index (χ0) is 18.7. The SMILES string of the molecule is C=CC1=C(/C=C/C(=O)OC)C(=O)N(CCNC2NCCCN2)C1.CC. The Labute approximate surface area is 150 Å². The number of nitrogens with one attached hydrogen (secondary N) is 3. The number of hydrogen-bond acceptors (Lipinski definition) is 6. The van der Waals surface area contributed by atoms with Gasteiger partial charge in [-0.15, -0.1) is 0 Å². The van der Waals surface area contributed by atoms with E-state index in [9.17, 15) is 9.59 Å². The summed E-state index contributed by atoms with van der Waals surface area (Å²) in [7, 11) is 1.30. The average molecular weight is 350 g/mol. The van der Waals surface area contributed by atoms with E-state index in [-0.39, 0.29) is 12.2 Å². The summed E-state index contributed by atoms with van der Waals surface area (Å²) >= 11 is 0. The van der Waals surface area contributed by atoms with E-state index in [1.54, 1.807) is 11.0 Å². The number of hydrogen-bond donors (Lipinski definition) is 3. The number of ether oxygens (including phenoxy) is 1. The monoisotopic (exact) mass is 350 g/mol. The Morgan fingerprint density at radius 1 is 1.40 bits per heavy atom. The van der Waals surface area contributed by atoms with Gasteiger partial charge < -0.3 is 9.64 Å². The molecule has 0 aromatic carbocycles. The first kappa shape index (κ1) is 21.1. The van der Waals surface area contributed by atoms with Crippen molar-refractivity contribution in [1.29, 1.82) is 0 Å². The third-order valence-corrected chi connectivity index (χ3v) is 3.84. The Balaban J connectivity index is 0.00000151. The van der Waals surface area contributed by atoms with Crippen LogP contribution in [0, 0.1) is 0 Å². The van der Waals surface area contributed by atoms with Crippen molar-refractivity contribution >= 4 is 11.9 Å². The molecule has 0 radical (unpaired) electrons. The van der Waals surface area contributed by atoms with Crippen LogP contribution in [0.4, 0.5) is 0 Å². The van der Waals surface area contributed by atoms with Crippen molar-refractivity contribution in [2.24, 2.45) is 0 Å². The van der Waals surface area contributed by atoms with Gasteiger partial charge in [0.25, 0.3) is 5.91 Å². The number of carbonyl (C=O) groups is 2.